The number of carboxylic acid groups (broad SMARTS) is 1. The highest BCUT2D eigenvalue weighted by Crippen LogP contribution is 2.73. The zero-order valence-corrected chi connectivity index (χ0v) is 23.9. The Morgan fingerprint density at radius 2 is 1.76 bits per heavy atom. The molecule has 4 rings (SSSR count). The van der Waals surface area contributed by atoms with E-state index in [0.29, 0.717) is 50.5 Å². The second-order valence-corrected chi connectivity index (χ2v) is 13.3. The van der Waals surface area contributed by atoms with Gasteiger partial charge >= 0.3 is 11.9 Å². The first-order chi connectivity index (χ1) is 17.6. The number of Topliss-reactive ketones (excluding diaryl/α,β-unsaturated/α-hetero) is 2. The Kier molecular flexibility index (Phi) is 7.35. The Balaban J connectivity index is 1.86. The highest BCUT2D eigenvalue weighted by molar-refractivity contribution is 5.94. The van der Waals surface area contributed by atoms with Gasteiger partial charge in [-0.05, 0) is 80.6 Å². The fourth-order valence-corrected chi connectivity index (χ4v) is 9.37. The van der Waals surface area contributed by atoms with Crippen molar-refractivity contribution in [2.45, 2.75) is 106 Å². The van der Waals surface area contributed by atoms with E-state index in [1.54, 1.807) is 0 Å². The Bertz CT molecular complexity index is 1110. The van der Waals surface area contributed by atoms with Crippen molar-refractivity contribution in [3.8, 4) is 0 Å². The second-order valence-electron chi connectivity index (χ2n) is 13.3. The van der Waals surface area contributed by atoms with Crippen LogP contribution in [0.15, 0.2) is 22.8 Å². The summed E-state index contributed by atoms with van der Waals surface area (Å²) < 4.78 is 5.80. The zero-order valence-electron chi connectivity index (χ0n) is 23.9. The highest BCUT2D eigenvalue weighted by atomic mass is 16.5. The topological polar surface area (TPSA) is 118 Å². The number of esters is 1. The maximum Gasteiger partial charge on any atom is 0.331 e. The molecule has 0 saturated heterocycles. The summed E-state index contributed by atoms with van der Waals surface area (Å²) in [5.74, 6) is -2.77. The van der Waals surface area contributed by atoms with Crippen LogP contribution in [0.4, 0.5) is 0 Å². The molecule has 4 fully saturated rings. The van der Waals surface area contributed by atoms with Crippen molar-refractivity contribution in [2.75, 3.05) is 0 Å². The maximum absolute atomic E-state index is 14.3. The van der Waals surface area contributed by atoms with Crippen LogP contribution in [-0.4, -0.2) is 45.9 Å². The number of fused-ring (bicyclic) bond motifs is 5. The minimum Gasteiger partial charge on any atom is -0.478 e. The van der Waals surface area contributed by atoms with Crippen LogP contribution in [-0.2, 0) is 23.9 Å². The molecular weight excluding hydrogens is 484 g/mol. The third-order valence-corrected chi connectivity index (χ3v) is 11.2. The molecule has 0 aliphatic heterocycles. The average molecular weight is 529 g/mol. The van der Waals surface area contributed by atoms with Crippen LogP contribution in [0.25, 0.3) is 0 Å². The molecule has 9 atom stereocenters. The largest absolute Gasteiger partial charge is 0.478 e. The van der Waals surface area contributed by atoms with Gasteiger partial charge in [-0.3, -0.25) is 14.4 Å². The molecule has 4 aliphatic carbocycles. The Hall–Kier alpha value is -2.28. The standard InChI is InChI=1S/C31H44O7/c1-16(2)9-8-10-19(28(36)37)24-20-11-12-23-29(5)14-13-21(33)17(3)25(29)26(34)27(35)31(23,7)30(20,6)15-22(24)38-18(4)32/h9,17,20,22-23,25-26,34H,8,10-15H2,1-7H3,(H,36,37)/b24-19-/t17-,20+,22+,23+,25-,26+,29-,30+,31-/m1/s1. The zero-order chi connectivity index (χ0) is 28.4. The van der Waals surface area contributed by atoms with Crippen LogP contribution in [0.3, 0.4) is 0 Å². The van der Waals surface area contributed by atoms with Crippen LogP contribution in [0.5, 0.6) is 0 Å². The molecule has 4 aliphatic rings. The molecule has 0 aromatic carbocycles. The van der Waals surface area contributed by atoms with Gasteiger partial charge in [-0.1, -0.05) is 39.3 Å². The number of carbonyl (C=O) groups is 4. The number of ketones is 2. The summed E-state index contributed by atoms with van der Waals surface area (Å²) in [6.07, 6.45) is 3.69. The molecule has 0 amide bonds. The van der Waals surface area contributed by atoms with E-state index in [-0.39, 0.29) is 34.9 Å². The fourth-order valence-electron chi connectivity index (χ4n) is 9.37. The maximum atomic E-state index is 14.3. The number of allylic oxidation sites excluding steroid dienone is 2. The molecule has 210 valence electrons. The molecule has 0 bridgehead atoms. The predicted octanol–water partition coefficient (Wildman–Crippen LogP) is 5.05. The first kappa shape index (κ1) is 28.7. The molecule has 0 aromatic rings. The molecule has 7 nitrogen and oxygen atoms in total. The quantitative estimate of drug-likeness (QED) is 0.291. The minimum atomic E-state index is -1.26. The van der Waals surface area contributed by atoms with Gasteiger partial charge in [-0.15, -0.1) is 0 Å². The van der Waals surface area contributed by atoms with Crippen molar-refractivity contribution in [2.24, 2.45) is 39.9 Å². The summed E-state index contributed by atoms with van der Waals surface area (Å²) in [5.41, 5.74) is -0.0476. The molecule has 0 aromatic heterocycles. The minimum absolute atomic E-state index is 0.0658. The van der Waals surface area contributed by atoms with Gasteiger partial charge in [0, 0.05) is 36.2 Å². The number of aliphatic hydroxyl groups excluding tert-OH is 1. The summed E-state index contributed by atoms with van der Waals surface area (Å²) in [6, 6.07) is 0. The van der Waals surface area contributed by atoms with Crippen molar-refractivity contribution < 1.29 is 34.1 Å². The lowest BCUT2D eigenvalue weighted by Gasteiger charge is -2.67. The van der Waals surface area contributed by atoms with Gasteiger partial charge < -0.3 is 14.9 Å². The molecule has 0 spiro atoms. The summed E-state index contributed by atoms with van der Waals surface area (Å²) in [4.78, 5) is 51.7. The van der Waals surface area contributed by atoms with Crippen molar-refractivity contribution >= 4 is 23.5 Å². The lowest BCUT2D eigenvalue weighted by molar-refractivity contribution is -0.213. The van der Waals surface area contributed by atoms with Gasteiger partial charge in [0.2, 0.25) is 0 Å². The van der Waals surface area contributed by atoms with E-state index in [4.69, 9.17) is 4.74 Å². The van der Waals surface area contributed by atoms with Gasteiger partial charge in [-0.2, -0.15) is 0 Å². The molecule has 7 heteroatoms. The van der Waals surface area contributed by atoms with E-state index < -0.39 is 46.3 Å². The lowest BCUT2D eigenvalue weighted by Crippen LogP contribution is -2.69. The summed E-state index contributed by atoms with van der Waals surface area (Å²) in [6.45, 7) is 13.2. The number of rotatable bonds is 5. The van der Waals surface area contributed by atoms with E-state index in [2.05, 4.69) is 6.92 Å². The number of carbonyl (C=O) groups excluding carboxylic acids is 3. The van der Waals surface area contributed by atoms with Crippen LogP contribution in [0.2, 0.25) is 0 Å². The first-order valence-electron chi connectivity index (χ1n) is 14.1. The van der Waals surface area contributed by atoms with E-state index in [9.17, 15) is 29.4 Å². The average Bonchev–Trinajstić information content (AvgIpc) is 3.09. The third kappa shape index (κ3) is 4.02. The molecule has 0 unspecified atom stereocenters. The van der Waals surface area contributed by atoms with Gasteiger partial charge in [-0.25, -0.2) is 4.79 Å². The number of aliphatic carboxylic acids is 1. The van der Waals surface area contributed by atoms with E-state index in [1.165, 1.54) is 6.92 Å². The number of carboxylic acids is 1. The van der Waals surface area contributed by atoms with E-state index >= 15 is 0 Å². The van der Waals surface area contributed by atoms with Gasteiger partial charge in [0.15, 0.2) is 5.78 Å². The van der Waals surface area contributed by atoms with E-state index in [0.717, 1.165) is 5.57 Å². The van der Waals surface area contributed by atoms with Crippen molar-refractivity contribution in [1.29, 1.82) is 0 Å². The third-order valence-electron chi connectivity index (χ3n) is 11.2. The van der Waals surface area contributed by atoms with Crippen molar-refractivity contribution in [1.82, 2.24) is 0 Å². The van der Waals surface area contributed by atoms with Crippen LogP contribution >= 0.6 is 0 Å². The molecule has 2 N–H and O–H groups in total. The molecule has 0 heterocycles. The second kappa shape index (κ2) is 9.72. The first-order valence-corrected chi connectivity index (χ1v) is 14.1. The Labute approximate surface area is 226 Å². The van der Waals surface area contributed by atoms with Gasteiger partial charge in [0.25, 0.3) is 0 Å². The summed E-state index contributed by atoms with van der Waals surface area (Å²) in [5, 5.41) is 21.8. The summed E-state index contributed by atoms with van der Waals surface area (Å²) in [7, 11) is 0. The van der Waals surface area contributed by atoms with Gasteiger partial charge in [0.05, 0.1) is 0 Å². The van der Waals surface area contributed by atoms with Crippen LogP contribution in [0, 0.1) is 39.9 Å². The SMILES string of the molecule is CC(=O)O[C@H]1C[C@@]2(C)[C@@H](CC[C@H]3[C@@]4(C)CCC(=O)[C@@H](C)[C@@H]4[C@H](O)C(=O)[C@@]32C)/C1=C(\CCC=C(C)C)C(=O)O. The van der Waals surface area contributed by atoms with Crippen molar-refractivity contribution in [3.63, 3.8) is 0 Å². The molecular formula is C31H44O7. The number of hydrogen-bond donors (Lipinski definition) is 2. The number of aliphatic hydroxyl groups is 1. The van der Waals surface area contributed by atoms with Crippen LogP contribution in [0.1, 0.15) is 93.4 Å². The monoisotopic (exact) mass is 528 g/mol. The van der Waals surface area contributed by atoms with E-state index in [1.807, 2.05) is 40.7 Å². The fraction of sp³-hybridized carbons (Fsp3) is 0.742. The summed E-state index contributed by atoms with van der Waals surface area (Å²) >= 11 is 0. The molecule has 4 saturated carbocycles. The van der Waals surface area contributed by atoms with Gasteiger partial charge in [0.1, 0.15) is 18.0 Å². The smallest absolute Gasteiger partial charge is 0.331 e. The number of hydrogen-bond acceptors (Lipinski definition) is 6. The number of ether oxygens (including phenoxy) is 1. The Morgan fingerprint density at radius 3 is 2.34 bits per heavy atom. The highest BCUT2D eigenvalue weighted by Gasteiger charge is 2.73. The molecule has 38 heavy (non-hydrogen) atoms. The molecule has 0 radical (unpaired) electrons. The normalized spacial score (nSPS) is 43.5. The van der Waals surface area contributed by atoms with Crippen LogP contribution < -0.4 is 0 Å². The Morgan fingerprint density at radius 1 is 1.11 bits per heavy atom. The van der Waals surface area contributed by atoms with Crippen molar-refractivity contribution in [3.05, 3.63) is 22.8 Å². The lowest BCUT2D eigenvalue weighted by atomic mass is 9.36. The predicted molar refractivity (Wildman–Crippen MR) is 142 cm³/mol.